The van der Waals surface area contributed by atoms with E-state index in [2.05, 4.69) is 10.1 Å². The number of hydrogen-bond donors (Lipinski definition) is 1. The van der Waals surface area contributed by atoms with Crippen molar-refractivity contribution >= 4 is 15.5 Å². The first-order chi connectivity index (χ1) is 8.94. The minimum atomic E-state index is -3.43. The summed E-state index contributed by atoms with van der Waals surface area (Å²) in [7, 11) is -3.43. The van der Waals surface area contributed by atoms with Crippen molar-refractivity contribution in [1.82, 2.24) is 14.8 Å². The Morgan fingerprint density at radius 3 is 2.74 bits per heavy atom. The van der Waals surface area contributed by atoms with Crippen LogP contribution >= 0.6 is 0 Å². The molecule has 102 valence electrons. The zero-order valence-electron chi connectivity index (χ0n) is 10.9. The highest BCUT2D eigenvalue weighted by atomic mass is 32.2. The highest BCUT2D eigenvalue weighted by molar-refractivity contribution is 7.90. The summed E-state index contributed by atoms with van der Waals surface area (Å²) < 4.78 is 26.2. The number of hydrogen-bond acceptors (Lipinski definition) is 5. The number of aromatic nitrogens is 3. The molecular weight excluding hydrogens is 264 g/mol. The summed E-state index contributed by atoms with van der Waals surface area (Å²) in [6.07, 6.45) is 1.36. The third-order valence-electron chi connectivity index (χ3n) is 2.91. The van der Waals surface area contributed by atoms with Crippen molar-refractivity contribution in [2.75, 3.05) is 5.73 Å². The molecule has 0 bridgehead atoms. The summed E-state index contributed by atoms with van der Waals surface area (Å²) in [4.78, 5) is 4.24. The van der Waals surface area contributed by atoms with E-state index in [0.29, 0.717) is 18.1 Å². The van der Waals surface area contributed by atoms with Crippen LogP contribution in [0.3, 0.4) is 0 Å². The molecule has 0 aliphatic heterocycles. The Labute approximate surface area is 112 Å². The molecule has 0 unspecified atom stereocenters. The Kier molecular flexibility index (Phi) is 3.57. The van der Waals surface area contributed by atoms with Crippen molar-refractivity contribution < 1.29 is 8.42 Å². The molecule has 6 nitrogen and oxygen atoms in total. The van der Waals surface area contributed by atoms with E-state index in [0.717, 1.165) is 5.56 Å². The van der Waals surface area contributed by atoms with Crippen molar-refractivity contribution in [3.05, 3.63) is 35.9 Å². The molecule has 0 saturated carbocycles. The molecule has 0 saturated heterocycles. The maximum absolute atomic E-state index is 12.3. The van der Waals surface area contributed by atoms with Gasteiger partial charge in [-0.05, 0) is 37.6 Å². The zero-order chi connectivity index (χ0) is 14.0. The first-order valence-electron chi connectivity index (χ1n) is 5.89. The molecule has 1 aromatic heterocycles. The van der Waals surface area contributed by atoms with Crippen LogP contribution in [0.1, 0.15) is 18.3 Å². The quantitative estimate of drug-likeness (QED) is 0.849. The number of rotatable bonds is 4. The molecule has 1 heterocycles. The summed E-state index contributed by atoms with van der Waals surface area (Å²) in [5.74, 6) is 0.279. The van der Waals surface area contributed by atoms with E-state index in [1.807, 2.05) is 6.92 Å². The van der Waals surface area contributed by atoms with Crippen LogP contribution in [0.2, 0.25) is 0 Å². The molecule has 0 aliphatic carbocycles. The summed E-state index contributed by atoms with van der Waals surface area (Å²) in [6.45, 7) is 4.26. The van der Waals surface area contributed by atoms with Crippen molar-refractivity contribution in [1.29, 1.82) is 0 Å². The van der Waals surface area contributed by atoms with Crippen LogP contribution in [-0.2, 0) is 22.1 Å². The van der Waals surface area contributed by atoms with Gasteiger partial charge < -0.3 is 5.73 Å². The number of benzene rings is 1. The molecule has 2 aromatic rings. The van der Waals surface area contributed by atoms with Gasteiger partial charge in [-0.2, -0.15) is 5.10 Å². The van der Waals surface area contributed by atoms with Crippen LogP contribution in [0.25, 0.3) is 0 Å². The van der Waals surface area contributed by atoms with E-state index in [1.54, 1.807) is 23.7 Å². The van der Waals surface area contributed by atoms with E-state index < -0.39 is 9.84 Å². The van der Waals surface area contributed by atoms with Crippen molar-refractivity contribution in [2.24, 2.45) is 0 Å². The van der Waals surface area contributed by atoms with E-state index >= 15 is 0 Å². The highest BCUT2D eigenvalue weighted by Crippen LogP contribution is 2.20. The number of nitrogens with zero attached hydrogens (tertiary/aromatic N) is 3. The molecule has 0 radical (unpaired) electrons. The minimum Gasteiger partial charge on any atom is -0.399 e. The van der Waals surface area contributed by atoms with Gasteiger partial charge in [0.15, 0.2) is 9.84 Å². The van der Waals surface area contributed by atoms with Crippen LogP contribution in [-0.4, -0.2) is 23.2 Å². The molecule has 7 heteroatoms. The number of sulfone groups is 1. The average molecular weight is 280 g/mol. The van der Waals surface area contributed by atoms with Gasteiger partial charge in [0, 0.05) is 12.2 Å². The van der Waals surface area contributed by atoms with Gasteiger partial charge in [0.1, 0.15) is 17.9 Å². The molecule has 1 aromatic carbocycles. The third kappa shape index (κ3) is 2.76. The zero-order valence-corrected chi connectivity index (χ0v) is 11.7. The average Bonchev–Trinajstić information content (AvgIpc) is 2.79. The van der Waals surface area contributed by atoms with E-state index in [-0.39, 0.29) is 10.6 Å². The van der Waals surface area contributed by atoms with Crippen LogP contribution < -0.4 is 5.73 Å². The molecular formula is C12H16N4O2S. The normalized spacial score (nSPS) is 11.7. The Morgan fingerprint density at radius 2 is 2.11 bits per heavy atom. The molecule has 0 atom stereocenters. The fourth-order valence-electron chi connectivity index (χ4n) is 1.76. The largest absolute Gasteiger partial charge is 0.399 e. The fourth-order valence-corrected chi connectivity index (χ4v) is 3.12. The van der Waals surface area contributed by atoms with Crippen molar-refractivity contribution in [3.8, 4) is 0 Å². The molecule has 0 spiro atoms. The first-order valence-corrected chi connectivity index (χ1v) is 7.55. The minimum absolute atomic E-state index is 0.163. The van der Waals surface area contributed by atoms with Gasteiger partial charge in [-0.15, -0.1) is 0 Å². The second-order valence-corrected chi connectivity index (χ2v) is 6.26. The number of anilines is 1. The maximum atomic E-state index is 12.3. The van der Waals surface area contributed by atoms with Crippen LogP contribution in [0.4, 0.5) is 5.69 Å². The van der Waals surface area contributed by atoms with E-state index in [9.17, 15) is 8.42 Å². The number of nitrogen functional groups attached to an aromatic ring is 1. The summed E-state index contributed by atoms with van der Waals surface area (Å²) in [6, 6.07) is 4.70. The van der Waals surface area contributed by atoms with E-state index in [1.165, 1.54) is 12.4 Å². The van der Waals surface area contributed by atoms with Gasteiger partial charge in [-0.25, -0.2) is 18.1 Å². The summed E-state index contributed by atoms with van der Waals surface area (Å²) in [5.41, 5.74) is 7.02. The summed E-state index contributed by atoms with van der Waals surface area (Å²) in [5, 5.41) is 3.97. The molecule has 2 N–H and O–H groups in total. The van der Waals surface area contributed by atoms with Crippen LogP contribution in [0.15, 0.2) is 29.4 Å². The second-order valence-electron chi connectivity index (χ2n) is 4.27. The van der Waals surface area contributed by atoms with Gasteiger partial charge in [0.25, 0.3) is 0 Å². The van der Waals surface area contributed by atoms with Crippen LogP contribution in [0, 0.1) is 6.92 Å². The Bertz CT molecular complexity index is 692. The smallest absolute Gasteiger partial charge is 0.185 e. The standard InChI is InChI=1S/C12H16N4O2S/c1-3-16-12(14-8-15-16)7-19(17,18)10-4-5-11(13)9(2)6-10/h4-6,8H,3,7,13H2,1-2H3. The van der Waals surface area contributed by atoms with Crippen molar-refractivity contribution in [2.45, 2.75) is 31.0 Å². The first kappa shape index (κ1) is 13.5. The number of aryl methyl sites for hydroxylation is 2. The van der Waals surface area contributed by atoms with Gasteiger partial charge in [0.05, 0.1) is 4.90 Å². The van der Waals surface area contributed by atoms with Crippen molar-refractivity contribution in [3.63, 3.8) is 0 Å². The molecule has 0 aliphatic rings. The topological polar surface area (TPSA) is 90.9 Å². The maximum Gasteiger partial charge on any atom is 0.185 e. The molecule has 0 fully saturated rings. The van der Waals surface area contributed by atoms with Gasteiger partial charge in [-0.3, -0.25) is 0 Å². The Morgan fingerprint density at radius 1 is 1.37 bits per heavy atom. The lowest BCUT2D eigenvalue weighted by Crippen LogP contribution is -2.11. The third-order valence-corrected chi connectivity index (χ3v) is 4.53. The molecule has 19 heavy (non-hydrogen) atoms. The highest BCUT2D eigenvalue weighted by Gasteiger charge is 2.19. The predicted octanol–water partition coefficient (Wildman–Crippen LogP) is 1.16. The molecule has 0 amide bonds. The predicted molar refractivity (Wildman–Crippen MR) is 72.2 cm³/mol. The van der Waals surface area contributed by atoms with E-state index in [4.69, 9.17) is 5.73 Å². The van der Waals surface area contributed by atoms with Gasteiger partial charge in [-0.1, -0.05) is 0 Å². The Balaban J connectivity index is 2.35. The monoisotopic (exact) mass is 280 g/mol. The van der Waals surface area contributed by atoms with Gasteiger partial charge in [0.2, 0.25) is 0 Å². The fraction of sp³-hybridized carbons (Fsp3) is 0.333. The SMILES string of the molecule is CCn1ncnc1CS(=O)(=O)c1ccc(N)c(C)c1. The molecule has 2 rings (SSSR count). The Hall–Kier alpha value is -1.89. The number of nitrogens with two attached hydrogens (primary N) is 1. The van der Waals surface area contributed by atoms with Gasteiger partial charge >= 0.3 is 0 Å². The van der Waals surface area contributed by atoms with Crippen LogP contribution in [0.5, 0.6) is 0 Å². The summed E-state index contributed by atoms with van der Waals surface area (Å²) >= 11 is 0. The lowest BCUT2D eigenvalue weighted by atomic mass is 10.2. The lowest BCUT2D eigenvalue weighted by Gasteiger charge is -2.07. The lowest BCUT2D eigenvalue weighted by molar-refractivity contribution is 0.584. The second kappa shape index (κ2) is 5.00.